The summed E-state index contributed by atoms with van der Waals surface area (Å²) in [4.78, 5) is 22.6. The fourth-order valence-corrected chi connectivity index (χ4v) is 6.44. The molecule has 0 saturated carbocycles. The van der Waals surface area contributed by atoms with Crippen LogP contribution in [0.15, 0.2) is 34.9 Å². The molecule has 0 radical (unpaired) electrons. The van der Waals surface area contributed by atoms with Crippen molar-refractivity contribution in [3.05, 3.63) is 40.8 Å². The van der Waals surface area contributed by atoms with Crippen molar-refractivity contribution in [3.8, 4) is 11.3 Å². The summed E-state index contributed by atoms with van der Waals surface area (Å²) in [6.45, 7) is 5.73. The molecule has 1 aromatic carbocycles. The van der Waals surface area contributed by atoms with E-state index < -0.39 is 5.60 Å². The standard InChI is InChI=1S/C18H20BrIN3O2/c1-18(2,3)25-17(24)23-14(8-12-15(23)20-12)16-21-9-13(22-16)10-4-6-11(19)7-5-10/h4-7,9,12,14-15H,8H2,1-3H3,(H,21,22)/q-1/t12-,14?,15+/m1/s1. The molecule has 5 nitrogen and oxygen atoms in total. The van der Waals surface area contributed by atoms with Gasteiger partial charge in [0.15, 0.2) is 0 Å². The Kier molecular flexibility index (Phi) is 4.34. The molecule has 2 aromatic rings. The third-order valence-electron chi connectivity index (χ3n) is 4.24. The Bertz CT molecular complexity index is 799. The van der Waals surface area contributed by atoms with Gasteiger partial charge in [-0.05, 0) is 0 Å². The molecule has 25 heavy (non-hydrogen) atoms. The second-order valence-electron chi connectivity index (χ2n) is 7.34. The second-order valence-corrected chi connectivity index (χ2v) is 11.9. The number of hydrogen-bond donors (Lipinski definition) is 1. The third kappa shape index (κ3) is 3.58. The fourth-order valence-electron chi connectivity index (χ4n) is 3.09. The van der Waals surface area contributed by atoms with Gasteiger partial charge in [-0.1, -0.05) is 0 Å². The third-order valence-corrected chi connectivity index (χ3v) is 8.26. The zero-order valence-electron chi connectivity index (χ0n) is 14.3. The molecule has 134 valence electrons. The average molecular weight is 517 g/mol. The number of aromatic amines is 1. The van der Waals surface area contributed by atoms with Crippen molar-refractivity contribution in [2.24, 2.45) is 0 Å². The minimum atomic E-state index is -0.474. The maximum absolute atomic E-state index is 12.7. The van der Waals surface area contributed by atoms with Gasteiger partial charge in [-0.15, -0.1) is 0 Å². The molecule has 3 atom stereocenters. The van der Waals surface area contributed by atoms with Crippen LogP contribution in [0, 0.1) is 0 Å². The van der Waals surface area contributed by atoms with E-state index in [9.17, 15) is 4.79 Å². The van der Waals surface area contributed by atoms with E-state index in [0.29, 0.717) is 7.97 Å². The molecule has 1 N–H and O–H groups in total. The van der Waals surface area contributed by atoms with E-state index in [1.807, 2.05) is 56.1 Å². The summed E-state index contributed by atoms with van der Waals surface area (Å²) in [5.41, 5.74) is 1.59. The van der Waals surface area contributed by atoms with Gasteiger partial charge in [-0.25, -0.2) is 0 Å². The molecule has 1 aromatic heterocycles. The fraction of sp³-hybridized carbons (Fsp3) is 0.444. The number of nitrogens with zero attached hydrogens (tertiary/aromatic N) is 2. The zero-order chi connectivity index (χ0) is 17.8. The van der Waals surface area contributed by atoms with Crippen molar-refractivity contribution in [1.29, 1.82) is 0 Å². The number of carbonyl (C=O) groups is 1. The minimum absolute atomic E-state index is 0.00231. The van der Waals surface area contributed by atoms with Crippen LogP contribution in [0.25, 0.3) is 11.3 Å². The number of nitrogens with one attached hydrogen (secondary N) is 1. The molecule has 2 aliphatic rings. The first-order chi connectivity index (χ1) is 11.8. The summed E-state index contributed by atoms with van der Waals surface area (Å²) in [5, 5.41) is 0. The van der Waals surface area contributed by atoms with Gasteiger partial charge in [0, 0.05) is 0 Å². The molecule has 1 amide bonds. The molecule has 1 unspecified atom stereocenters. The number of fused-ring (bicyclic) bond motifs is 1. The van der Waals surface area contributed by atoms with Gasteiger partial charge in [0.1, 0.15) is 0 Å². The number of alkyl halides is 2. The van der Waals surface area contributed by atoms with Crippen molar-refractivity contribution in [2.75, 3.05) is 0 Å². The van der Waals surface area contributed by atoms with Gasteiger partial charge < -0.3 is 0 Å². The molecule has 2 saturated heterocycles. The van der Waals surface area contributed by atoms with Gasteiger partial charge in [-0.3, -0.25) is 0 Å². The van der Waals surface area contributed by atoms with Crippen LogP contribution in [0.2, 0.25) is 0 Å². The number of carbonyl (C=O) groups excluding carboxylic acids is 1. The van der Waals surface area contributed by atoms with Gasteiger partial charge in [-0.2, -0.15) is 0 Å². The van der Waals surface area contributed by atoms with Crippen LogP contribution in [-0.4, -0.2) is 34.5 Å². The number of benzene rings is 1. The molecule has 3 heterocycles. The molecule has 0 aliphatic carbocycles. The van der Waals surface area contributed by atoms with Crippen LogP contribution < -0.4 is 21.2 Å². The summed E-state index contributed by atoms with van der Waals surface area (Å²) >= 11 is 3.55. The van der Waals surface area contributed by atoms with Gasteiger partial charge >= 0.3 is 166 Å². The van der Waals surface area contributed by atoms with E-state index in [0.717, 1.165) is 28.0 Å². The Balaban J connectivity index is 1.57. The Morgan fingerprint density at radius 2 is 2.08 bits per heavy atom. The number of likely N-dealkylation sites (tertiary alicyclic amines) is 1. The quantitative estimate of drug-likeness (QED) is 0.372. The van der Waals surface area contributed by atoms with Crippen molar-refractivity contribution in [1.82, 2.24) is 14.9 Å². The van der Waals surface area contributed by atoms with Crippen molar-refractivity contribution in [3.63, 3.8) is 0 Å². The van der Waals surface area contributed by atoms with Crippen LogP contribution in [0.1, 0.15) is 39.1 Å². The van der Waals surface area contributed by atoms with Gasteiger partial charge in [0.25, 0.3) is 0 Å². The second kappa shape index (κ2) is 6.26. The number of hydrogen-bond acceptors (Lipinski definition) is 3. The predicted octanol–water partition coefficient (Wildman–Crippen LogP) is 1.32. The summed E-state index contributed by atoms with van der Waals surface area (Å²) in [6.07, 6.45) is 2.65. The van der Waals surface area contributed by atoms with Crippen molar-refractivity contribution >= 4 is 22.0 Å². The van der Waals surface area contributed by atoms with E-state index >= 15 is 0 Å². The van der Waals surface area contributed by atoms with E-state index in [1.165, 1.54) is 0 Å². The molecule has 2 fully saturated rings. The summed E-state index contributed by atoms with van der Waals surface area (Å²) in [5.74, 6) is 0.861. The maximum atomic E-state index is 12.7. The number of aromatic nitrogens is 2. The Labute approximate surface area is 165 Å². The van der Waals surface area contributed by atoms with E-state index in [1.54, 1.807) is 0 Å². The van der Waals surface area contributed by atoms with Crippen LogP contribution in [0.4, 0.5) is 4.79 Å². The van der Waals surface area contributed by atoms with Crippen molar-refractivity contribution in [2.45, 2.75) is 46.8 Å². The Morgan fingerprint density at radius 3 is 2.76 bits per heavy atom. The van der Waals surface area contributed by atoms with Crippen LogP contribution in [0.5, 0.6) is 0 Å². The number of amides is 1. The van der Waals surface area contributed by atoms with Gasteiger partial charge in [0.05, 0.1) is 0 Å². The first-order valence-electron chi connectivity index (χ1n) is 8.26. The first kappa shape index (κ1) is 17.3. The summed E-state index contributed by atoms with van der Waals surface area (Å²) < 4.78 is 7.79. The van der Waals surface area contributed by atoms with E-state index in [4.69, 9.17) is 4.74 Å². The SMILES string of the molecule is CC(C)(C)OC(=O)N1C(c2ncc(-c3ccc(Br)cc3)[nH]2)C[C@H]2[I-][C@H]21. The van der Waals surface area contributed by atoms with Crippen LogP contribution in [0.3, 0.4) is 0 Å². The predicted molar refractivity (Wildman–Crippen MR) is 94.7 cm³/mol. The number of ether oxygens (including phenoxy) is 1. The molecule has 0 bridgehead atoms. The van der Waals surface area contributed by atoms with E-state index in [-0.39, 0.29) is 33.3 Å². The molecule has 7 heteroatoms. The number of H-pyrrole nitrogens is 1. The molecule has 2 aliphatic heterocycles. The van der Waals surface area contributed by atoms with Crippen LogP contribution in [-0.2, 0) is 4.74 Å². The van der Waals surface area contributed by atoms with Crippen molar-refractivity contribution < 1.29 is 30.7 Å². The molecule has 4 rings (SSSR count). The first-order valence-corrected chi connectivity index (χ1v) is 11.5. The zero-order valence-corrected chi connectivity index (χ0v) is 18.0. The van der Waals surface area contributed by atoms with Gasteiger partial charge in [0.2, 0.25) is 0 Å². The molecular weight excluding hydrogens is 497 g/mol. The monoisotopic (exact) mass is 516 g/mol. The molecule has 0 spiro atoms. The normalized spacial score (nSPS) is 25.3. The summed E-state index contributed by atoms with van der Waals surface area (Å²) in [6, 6.07) is 8.12. The number of imidazole rings is 1. The topological polar surface area (TPSA) is 58.2 Å². The number of halogens is 2. The van der Waals surface area contributed by atoms with E-state index in [2.05, 4.69) is 25.9 Å². The van der Waals surface area contributed by atoms with Crippen LogP contribution >= 0.6 is 15.9 Å². The average Bonchev–Trinajstić information content (AvgIpc) is 2.97. The summed E-state index contributed by atoms with van der Waals surface area (Å²) in [7, 11) is 0. The number of rotatable bonds is 2. The Morgan fingerprint density at radius 1 is 1.36 bits per heavy atom. The molecular formula is C18H20BrIN3O2-. The Hall–Kier alpha value is -1.09.